The van der Waals surface area contributed by atoms with E-state index >= 15 is 0 Å². The number of benzene rings is 2. The SMILES string of the molecule is CNS(=O)(=O)c1ccc(NCc2ccccc2)c(/C(N)=N/N(C)N)c1. The van der Waals surface area contributed by atoms with E-state index in [1.165, 1.54) is 26.2 Å². The molecule has 0 atom stereocenters. The fraction of sp³-hybridized carbons (Fsp3) is 0.188. The number of sulfonamides is 1. The van der Waals surface area contributed by atoms with Crippen LogP contribution in [0.3, 0.4) is 0 Å². The molecule has 0 amide bonds. The minimum atomic E-state index is -3.60. The van der Waals surface area contributed by atoms with Crippen molar-refractivity contribution >= 4 is 21.5 Å². The fourth-order valence-electron chi connectivity index (χ4n) is 2.19. The van der Waals surface area contributed by atoms with E-state index < -0.39 is 10.0 Å². The first kappa shape index (κ1) is 18.7. The summed E-state index contributed by atoms with van der Waals surface area (Å²) in [6.45, 7) is 0.553. The molecule has 0 aromatic heterocycles. The Morgan fingerprint density at radius 1 is 1.20 bits per heavy atom. The number of hydrazone groups is 1. The fourth-order valence-corrected chi connectivity index (χ4v) is 2.95. The van der Waals surface area contributed by atoms with E-state index in [1.807, 2.05) is 30.3 Å². The topological polar surface area (TPSA) is 126 Å². The Balaban J connectivity index is 2.40. The number of nitrogens with zero attached hydrogens (tertiary/aromatic N) is 2. The molecule has 0 radical (unpaired) electrons. The zero-order chi connectivity index (χ0) is 18.4. The summed E-state index contributed by atoms with van der Waals surface area (Å²) in [6, 6.07) is 14.4. The van der Waals surface area contributed by atoms with Crippen molar-refractivity contribution in [1.82, 2.24) is 9.84 Å². The second-order valence-electron chi connectivity index (χ2n) is 5.31. The van der Waals surface area contributed by atoms with Crippen molar-refractivity contribution < 1.29 is 8.42 Å². The number of amidine groups is 1. The number of nitrogens with two attached hydrogens (primary N) is 2. The van der Waals surface area contributed by atoms with Crippen LogP contribution in [0.5, 0.6) is 0 Å². The van der Waals surface area contributed by atoms with Crippen molar-refractivity contribution in [2.75, 3.05) is 19.4 Å². The van der Waals surface area contributed by atoms with Gasteiger partial charge in [0.2, 0.25) is 10.0 Å². The van der Waals surface area contributed by atoms with E-state index in [4.69, 9.17) is 11.6 Å². The summed E-state index contributed by atoms with van der Waals surface area (Å²) in [5.41, 5.74) is 8.17. The van der Waals surface area contributed by atoms with Gasteiger partial charge in [-0.05, 0) is 30.8 Å². The zero-order valence-corrected chi connectivity index (χ0v) is 14.9. The molecule has 2 aromatic rings. The molecule has 0 aliphatic carbocycles. The highest BCUT2D eigenvalue weighted by molar-refractivity contribution is 7.89. The van der Waals surface area contributed by atoms with Gasteiger partial charge in [0.05, 0.1) is 4.90 Å². The molecule has 9 heteroatoms. The molecule has 0 fully saturated rings. The van der Waals surface area contributed by atoms with Gasteiger partial charge in [-0.2, -0.15) is 0 Å². The van der Waals surface area contributed by atoms with E-state index in [0.29, 0.717) is 17.8 Å². The summed E-state index contributed by atoms with van der Waals surface area (Å²) in [7, 11) is -0.725. The molecule has 2 aromatic carbocycles. The van der Waals surface area contributed by atoms with E-state index in [9.17, 15) is 8.42 Å². The lowest BCUT2D eigenvalue weighted by Gasteiger charge is -2.15. The summed E-state index contributed by atoms with van der Waals surface area (Å²) < 4.78 is 26.4. The zero-order valence-electron chi connectivity index (χ0n) is 14.1. The van der Waals surface area contributed by atoms with Crippen LogP contribution in [0.4, 0.5) is 5.69 Å². The molecular weight excluding hydrogens is 340 g/mol. The maximum Gasteiger partial charge on any atom is 0.240 e. The predicted octanol–water partition coefficient (Wildman–Crippen LogP) is 0.633. The molecule has 25 heavy (non-hydrogen) atoms. The highest BCUT2D eigenvalue weighted by atomic mass is 32.2. The first-order valence-electron chi connectivity index (χ1n) is 7.52. The minimum absolute atomic E-state index is 0.0908. The molecule has 0 spiro atoms. The van der Waals surface area contributed by atoms with Crippen LogP contribution in [0.1, 0.15) is 11.1 Å². The van der Waals surface area contributed by atoms with E-state index in [-0.39, 0.29) is 10.7 Å². The van der Waals surface area contributed by atoms with Crippen LogP contribution in [0, 0.1) is 0 Å². The van der Waals surface area contributed by atoms with Crippen LogP contribution in [-0.2, 0) is 16.6 Å². The molecule has 0 aliphatic heterocycles. The Morgan fingerprint density at radius 3 is 2.48 bits per heavy atom. The second-order valence-corrected chi connectivity index (χ2v) is 7.20. The molecule has 0 unspecified atom stereocenters. The molecule has 0 saturated heterocycles. The van der Waals surface area contributed by atoms with Crippen LogP contribution < -0.4 is 21.6 Å². The average Bonchev–Trinajstić information content (AvgIpc) is 2.60. The van der Waals surface area contributed by atoms with Gasteiger partial charge in [0.25, 0.3) is 0 Å². The van der Waals surface area contributed by atoms with Gasteiger partial charge >= 0.3 is 0 Å². The highest BCUT2D eigenvalue weighted by Crippen LogP contribution is 2.21. The highest BCUT2D eigenvalue weighted by Gasteiger charge is 2.16. The Kier molecular flexibility index (Phi) is 5.97. The Morgan fingerprint density at radius 2 is 1.88 bits per heavy atom. The van der Waals surface area contributed by atoms with Gasteiger partial charge in [0.1, 0.15) is 0 Å². The first-order valence-corrected chi connectivity index (χ1v) is 9.00. The lowest BCUT2D eigenvalue weighted by Crippen LogP contribution is -2.27. The van der Waals surface area contributed by atoms with E-state index in [1.54, 1.807) is 6.07 Å². The lowest BCUT2D eigenvalue weighted by atomic mass is 10.1. The first-order chi connectivity index (χ1) is 11.8. The van der Waals surface area contributed by atoms with Crippen molar-refractivity contribution in [3.63, 3.8) is 0 Å². The van der Waals surface area contributed by atoms with Crippen molar-refractivity contribution in [2.45, 2.75) is 11.4 Å². The maximum atomic E-state index is 12.0. The van der Waals surface area contributed by atoms with Gasteiger partial charge in [0, 0.05) is 24.8 Å². The second kappa shape index (κ2) is 7.97. The number of hydrogen-bond donors (Lipinski definition) is 4. The Hall–Kier alpha value is -2.62. The summed E-state index contributed by atoms with van der Waals surface area (Å²) >= 11 is 0. The monoisotopic (exact) mass is 362 g/mol. The van der Waals surface area contributed by atoms with Crippen LogP contribution in [0.15, 0.2) is 58.5 Å². The van der Waals surface area contributed by atoms with E-state index in [2.05, 4.69) is 15.1 Å². The Bertz CT molecular complexity index is 850. The molecule has 134 valence electrons. The van der Waals surface area contributed by atoms with Crippen molar-refractivity contribution in [3.05, 3.63) is 59.7 Å². The van der Waals surface area contributed by atoms with E-state index in [0.717, 1.165) is 10.7 Å². The quantitative estimate of drug-likeness (QED) is 0.248. The predicted molar refractivity (Wildman–Crippen MR) is 99.1 cm³/mol. The summed E-state index contributed by atoms with van der Waals surface area (Å²) in [4.78, 5) is 0.0908. The van der Waals surface area contributed by atoms with Crippen molar-refractivity contribution in [2.24, 2.45) is 16.7 Å². The maximum absolute atomic E-state index is 12.0. The molecular formula is C16H22N6O2S. The number of anilines is 1. The molecule has 0 bridgehead atoms. The van der Waals surface area contributed by atoms with Gasteiger partial charge in [-0.15, -0.1) is 5.10 Å². The third kappa shape index (κ3) is 4.92. The lowest BCUT2D eigenvalue weighted by molar-refractivity contribution is 0.371. The van der Waals surface area contributed by atoms with Gasteiger partial charge in [0.15, 0.2) is 5.84 Å². The van der Waals surface area contributed by atoms with Crippen LogP contribution in [0.25, 0.3) is 0 Å². The molecule has 0 saturated carbocycles. The summed E-state index contributed by atoms with van der Waals surface area (Å²) in [6.07, 6.45) is 0. The van der Waals surface area contributed by atoms with Crippen molar-refractivity contribution in [1.29, 1.82) is 0 Å². The van der Waals surface area contributed by atoms with Gasteiger partial charge in [-0.1, -0.05) is 30.3 Å². The largest absolute Gasteiger partial charge is 0.382 e. The smallest absolute Gasteiger partial charge is 0.240 e. The van der Waals surface area contributed by atoms with Crippen LogP contribution in [0.2, 0.25) is 0 Å². The number of hydrazine groups is 1. The third-order valence-corrected chi connectivity index (χ3v) is 4.85. The minimum Gasteiger partial charge on any atom is -0.382 e. The van der Waals surface area contributed by atoms with Gasteiger partial charge in [-0.25, -0.2) is 24.1 Å². The number of nitrogens with one attached hydrogen (secondary N) is 2. The third-order valence-electron chi connectivity index (χ3n) is 3.44. The summed E-state index contributed by atoms with van der Waals surface area (Å²) in [5.74, 6) is 5.62. The number of rotatable bonds is 7. The van der Waals surface area contributed by atoms with Crippen LogP contribution in [-0.4, -0.2) is 33.5 Å². The molecule has 6 N–H and O–H groups in total. The standard InChI is InChI=1S/C16H22N6O2S/c1-19-25(23,24)13-8-9-15(14(10-13)16(17)21-22(2)18)20-11-12-6-4-3-5-7-12/h3-10,19-20H,11,18H2,1-2H3,(H2,17,21). The van der Waals surface area contributed by atoms with Gasteiger partial charge in [-0.3, -0.25) is 0 Å². The van der Waals surface area contributed by atoms with Crippen LogP contribution >= 0.6 is 0 Å². The van der Waals surface area contributed by atoms with Gasteiger partial charge < -0.3 is 11.1 Å². The molecule has 2 rings (SSSR count). The Labute approximate surface area is 147 Å². The molecule has 0 heterocycles. The molecule has 8 nitrogen and oxygen atoms in total. The van der Waals surface area contributed by atoms with Crippen molar-refractivity contribution in [3.8, 4) is 0 Å². The number of hydrogen-bond acceptors (Lipinski definition) is 6. The average molecular weight is 362 g/mol. The summed E-state index contributed by atoms with van der Waals surface area (Å²) in [5, 5.41) is 8.27. The molecule has 0 aliphatic rings. The normalized spacial score (nSPS) is 12.0.